The van der Waals surface area contributed by atoms with Gasteiger partial charge >= 0.3 is 0 Å². The Labute approximate surface area is 263 Å². The van der Waals surface area contributed by atoms with Crippen molar-refractivity contribution in [3.05, 3.63) is 82.4 Å². The van der Waals surface area contributed by atoms with E-state index in [0.717, 1.165) is 46.5 Å². The van der Waals surface area contributed by atoms with Crippen LogP contribution in [0, 0.1) is 19.3 Å². The molecule has 3 aromatic carbocycles. The maximum Gasteiger partial charge on any atom is 0.236 e. The van der Waals surface area contributed by atoms with E-state index in [1.165, 1.54) is 0 Å². The first-order valence-corrected chi connectivity index (χ1v) is 16.2. The highest BCUT2D eigenvalue weighted by Gasteiger charge is 2.40. The van der Waals surface area contributed by atoms with Gasteiger partial charge in [0, 0.05) is 25.6 Å². The van der Waals surface area contributed by atoms with Crippen molar-refractivity contribution in [1.29, 1.82) is 0 Å². The molecular weight excluding hydrogens is 574 g/mol. The fourth-order valence-electron chi connectivity index (χ4n) is 5.82. The molecule has 0 aromatic heterocycles. The Morgan fingerprint density at radius 2 is 1.84 bits per heavy atom. The predicted octanol–water partition coefficient (Wildman–Crippen LogP) is 4.77. The smallest absolute Gasteiger partial charge is 0.236 e. The Hall–Kier alpha value is -3.89. The molecule has 3 aromatic rings. The quantitative estimate of drug-likeness (QED) is 0.228. The second-order valence-electron chi connectivity index (χ2n) is 11.9. The van der Waals surface area contributed by atoms with E-state index in [-0.39, 0.29) is 18.6 Å². The number of carbonyl (C=O) groups is 2. The van der Waals surface area contributed by atoms with Crippen molar-refractivity contribution >= 4 is 34.2 Å². The van der Waals surface area contributed by atoms with Gasteiger partial charge < -0.3 is 26.8 Å². The van der Waals surface area contributed by atoms with Crippen LogP contribution in [-0.4, -0.2) is 46.1 Å². The molecule has 2 amide bonds. The topological polar surface area (TPSA) is 140 Å². The van der Waals surface area contributed by atoms with E-state index in [9.17, 15) is 13.8 Å². The molecule has 44 heavy (non-hydrogen) atoms. The van der Waals surface area contributed by atoms with Crippen molar-refractivity contribution in [3.63, 3.8) is 0 Å². The monoisotopic (exact) mass is 619 g/mol. The summed E-state index contributed by atoms with van der Waals surface area (Å²) in [4.78, 5) is 25.8. The molecule has 4 rings (SSSR count). The van der Waals surface area contributed by atoms with Gasteiger partial charge in [0.2, 0.25) is 11.8 Å². The van der Waals surface area contributed by atoms with E-state index >= 15 is 0 Å². The zero-order valence-electron chi connectivity index (χ0n) is 26.5. The lowest BCUT2D eigenvalue weighted by Crippen LogP contribution is -2.44. The molecular formula is C34H45N5O4S. The summed E-state index contributed by atoms with van der Waals surface area (Å²) in [5.74, 6) is -0.677. The van der Waals surface area contributed by atoms with Crippen molar-refractivity contribution in [2.75, 3.05) is 30.7 Å². The zero-order chi connectivity index (χ0) is 32.2. The van der Waals surface area contributed by atoms with E-state index in [2.05, 4.69) is 23.6 Å². The number of nitrogens with zero attached hydrogens (tertiary/aromatic N) is 1. The standard InChI is InChI=1S/C34H45N5O4S/c1-7-25-20-39(44(42)29-12-10-9-11-28(29)43-25)19-24-17-23(14-13-21(24)3)31(34(5,6)33(41)38-18-30(35)40)26-15-16-27(37-8-2)32(36)22(26)4/h9-17,25,31,37H,7-8,18-20,36H2,1-6H3,(H2,35,40)(H,38,41)/t25-,31?,44?/m1/s1. The number of hydrogen-bond donors (Lipinski definition) is 4. The maximum absolute atomic E-state index is 13.8. The number of carbonyl (C=O) groups excluding carboxylic acids is 2. The largest absolute Gasteiger partial charge is 0.488 e. The van der Waals surface area contributed by atoms with Crippen LogP contribution in [0.15, 0.2) is 59.5 Å². The predicted molar refractivity (Wildman–Crippen MR) is 177 cm³/mol. The van der Waals surface area contributed by atoms with Crippen LogP contribution in [0.25, 0.3) is 0 Å². The molecule has 0 spiro atoms. The Morgan fingerprint density at radius 3 is 2.52 bits per heavy atom. The third-order valence-electron chi connectivity index (χ3n) is 8.45. The lowest BCUT2D eigenvalue weighted by molar-refractivity contribution is -0.131. The third kappa shape index (κ3) is 6.92. The van der Waals surface area contributed by atoms with Crippen LogP contribution >= 0.6 is 0 Å². The summed E-state index contributed by atoms with van der Waals surface area (Å²) in [6.45, 7) is 13.2. The number of hydrogen-bond acceptors (Lipinski definition) is 6. The first kappa shape index (κ1) is 33.0. The Balaban J connectivity index is 1.80. The number of nitrogen functional groups attached to an aromatic ring is 1. The molecule has 0 aliphatic carbocycles. The van der Waals surface area contributed by atoms with Gasteiger partial charge in [-0.15, -0.1) is 0 Å². The molecule has 0 radical (unpaired) electrons. The number of rotatable bonds is 11. The zero-order valence-corrected chi connectivity index (χ0v) is 27.3. The van der Waals surface area contributed by atoms with Crippen LogP contribution in [0.4, 0.5) is 11.4 Å². The molecule has 6 N–H and O–H groups in total. The summed E-state index contributed by atoms with van der Waals surface area (Å²) >= 11 is 0. The number of fused-ring (bicyclic) bond motifs is 1. The second-order valence-corrected chi connectivity index (χ2v) is 13.4. The Morgan fingerprint density at radius 1 is 1.11 bits per heavy atom. The molecule has 2 unspecified atom stereocenters. The fraction of sp³-hybridized carbons (Fsp3) is 0.412. The molecule has 0 saturated heterocycles. The van der Waals surface area contributed by atoms with Gasteiger partial charge in [0.05, 0.1) is 28.2 Å². The van der Waals surface area contributed by atoms with Crippen molar-refractivity contribution in [3.8, 4) is 5.75 Å². The van der Waals surface area contributed by atoms with Gasteiger partial charge in [0.15, 0.2) is 0 Å². The lowest BCUT2D eigenvalue weighted by Gasteiger charge is -2.36. The van der Waals surface area contributed by atoms with E-state index in [1.54, 1.807) is 0 Å². The summed E-state index contributed by atoms with van der Waals surface area (Å²) < 4.78 is 22.0. The van der Waals surface area contributed by atoms with Gasteiger partial charge in [-0.3, -0.25) is 9.59 Å². The number of primary amides is 1. The van der Waals surface area contributed by atoms with Crippen LogP contribution in [0.3, 0.4) is 0 Å². The molecule has 1 aliphatic heterocycles. The van der Waals surface area contributed by atoms with Crippen molar-refractivity contribution in [1.82, 2.24) is 9.62 Å². The van der Waals surface area contributed by atoms with Crippen LogP contribution in [0.2, 0.25) is 0 Å². The third-order valence-corrected chi connectivity index (χ3v) is 9.91. The Bertz CT molecular complexity index is 1560. The number of anilines is 2. The average molecular weight is 620 g/mol. The van der Waals surface area contributed by atoms with Crippen LogP contribution in [0.5, 0.6) is 5.75 Å². The highest BCUT2D eigenvalue weighted by atomic mass is 32.2. The summed E-state index contributed by atoms with van der Waals surface area (Å²) in [6, 6.07) is 17.6. The maximum atomic E-state index is 13.8. The van der Waals surface area contributed by atoms with Gasteiger partial charge in [-0.05, 0) is 73.2 Å². The Kier molecular flexibility index (Phi) is 10.4. The minimum absolute atomic E-state index is 0.104. The molecule has 10 heteroatoms. The van der Waals surface area contributed by atoms with Crippen molar-refractivity contribution in [2.45, 2.75) is 71.4 Å². The molecule has 1 heterocycles. The normalized spacial score (nSPS) is 17.6. The van der Waals surface area contributed by atoms with Crippen LogP contribution < -0.4 is 26.8 Å². The van der Waals surface area contributed by atoms with Gasteiger partial charge in [-0.1, -0.05) is 57.2 Å². The second kappa shape index (κ2) is 13.8. The molecule has 9 nitrogen and oxygen atoms in total. The van der Waals surface area contributed by atoms with Crippen LogP contribution in [0.1, 0.15) is 67.9 Å². The molecule has 236 valence electrons. The molecule has 0 fully saturated rings. The van der Waals surface area contributed by atoms with Gasteiger partial charge in [-0.2, -0.15) is 0 Å². The number of ether oxygens (including phenoxy) is 1. The lowest BCUT2D eigenvalue weighted by atomic mass is 9.69. The SMILES string of the molecule is CCNc1ccc(C(c2ccc(C)c(CN3C[C@@H](CC)Oc4ccccc4S3=O)c2)C(C)(C)C(=O)NCC(N)=O)c(C)c1N. The minimum Gasteiger partial charge on any atom is -0.488 e. The summed E-state index contributed by atoms with van der Waals surface area (Å²) in [5.41, 5.74) is 17.2. The summed E-state index contributed by atoms with van der Waals surface area (Å²) in [6.07, 6.45) is 0.675. The average Bonchev–Trinajstić information content (AvgIpc) is 3.12. The number of amides is 2. The van der Waals surface area contributed by atoms with Gasteiger partial charge in [0.1, 0.15) is 22.8 Å². The van der Waals surface area contributed by atoms with E-state index in [4.69, 9.17) is 16.2 Å². The van der Waals surface area contributed by atoms with Gasteiger partial charge in [-0.25, -0.2) is 8.51 Å². The van der Waals surface area contributed by atoms with Crippen molar-refractivity contribution < 1.29 is 18.5 Å². The van der Waals surface area contributed by atoms with E-state index < -0.39 is 28.2 Å². The number of aryl methyl sites for hydroxylation is 1. The number of nitrogens with one attached hydrogen (secondary N) is 2. The van der Waals surface area contributed by atoms with E-state index in [0.29, 0.717) is 29.4 Å². The highest BCUT2D eigenvalue weighted by molar-refractivity contribution is 7.82. The van der Waals surface area contributed by atoms with E-state index in [1.807, 2.05) is 87.5 Å². The van der Waals surface area contributed by atoms with Gasteiger partial charge in [0.25, 0.3) is 0 Å². The summed E-state index contributed by atoms with van der Waals surface area (Å²) in [5, 5.41) is 6.02. The molecule has 3 atom stereocenters. The first-order chi connectivity index (χ1) is 20.9. The molecule has 0 bridgehead atoms. The molecule has 0 saturated carbocycles. The van der Waals surface area contributed by atoms with Crippen molar-refractivity contribution in [2.24, 2.45) is 11.1 Å². The molecule has 1 aliphatic rings. The van der Waals surface area contributed by atoms with Crippen LogP contribution in [-0.2, 0) is 27.1 Å². The number of nitrogens with two attached hydrogens (primary N) is 2. The number of para-hydroxylation sites is 1. The fourth-order valence-corrected chi connectivity index (χ4v) is 7.14. The highest BCUT2D eigenvalue weighted by Crippen LogP contribution is 2.45. The first-order valence-electron chi connectivity index (χ1n) is 15.1. The number of benzene rings is 3. The minimum atomic E-state index is -1.42. The summed E-state index contributed by atoms with van der Waals surface area (Å²) in [7, 11) is -1.42.